The Morgan fingerprint density at radius 2 is 1.74 bits per heavy atom. The van der Waals surface area contributed by atoms with E-state index in [1.807, 2.05) is 6.07 Å². The summed E-state index contributed by atoms with van der Waals surface area (Å²) < 4.78 is 4.63. The van der Waals surface area contributed by atoms with E-state index in [2.05, 4.69) is 15.4 Å². The zero-order valence-electron chi connectivity index (χ0n) is 12.2. The van der Waals surface area contributed by atoms with Crippen LogP contribution in [0.2, 0.25) is 10.0 Å². The molecule has 0 saturated carbocycles. The number of para-hydroxylation sites is 1. The van der Waals surface area contributed by atoms with Gasteiger partial charge in [0.15, 0.2) is 0 Å². The van der Waals surface area contributed by atoms with Crippen LogP contribution in [-0.2, 0) is 9.53 Å². The van der Waals surface area contributed by atoms with Gasteiger partial charge in [-0.2, -0.15) is 0 Å². The van der Waals surface area contributed by atoms with Gasteiger partial charge in [-0.25, -0.2) is 4.79 Å². The van der Waals surface area contributed by atoms with E-state index in [9.17, 15) is 9.59 Å². The van der Waals surface area contributed by atoms with Crippen molar-refractivity contribution in [1.82, 2.24) is 0 Å². The predicted molar refractivity (Wildman–Crippen MR) is 91.4 cm³/mol. The molecule has 0 heterocycles. The topological polar surface area (TPSA) is 67.4 Å². The molecular weight excluding hydrogens is 339 g/mol. The van der Waals surface area contributed by atoms with Crippen LogP contribution in [0.3, 0.4) is 0 Å². The molecule has 2 aromatic rings. The molecule has 0 fully saturated rings. The maximum absolute atomic E-state index is 12.0. The van der Waals surface area contributed by atoms with E-state index in [0.717, 1.165) is 0 Å². The lowest BCUT2D eigenvalue weighted by molar-refractivity contribution is -0.114. The summed E-state index contributed by atoms with van der Waals surface area (Å²) in [5.74, 6) is -0.833. The van der Waals surface area contributed by atoms with Gasteiger partial charge in [0, 0.05) is 0 Å². The van der Waals surface area contributed by atoms with Gasteiger partial charge in [-0.15, -0.1) is 0 Å². The van der Waals surface area contributed by atoms with Gasteiger partial charge in [0.2, 0.25) is 5.91 Å². The minimum atomic E-state index is -0.508. The number of nitrogens with one attached hydrogen (secondary N) is 2. The van der Waals surface area contributed by atoms with E-state index in [1.54, 1.807) is 18.2 Å². The van der Waals surface area contributed by atoms with Crippen molar-refractivity contribution < 1.29 is 14.3 Å². The smallest absolute Gasteiger partial charge is 0.337 e. The number of amides is 1. The van der Waals surface area contributed by atoms with Crippen molar-refractivity contribution in [3.8, 4) is 0 Å². The molecule has 2 rings (SSSR count). The second kappa shape index (κ2) is 7.85. The first-order valence-electron chi connectivity index (χ1n) is 6.67. The summed E-state index contributed by atoms with van der Waals surface area (Å²) in [6.45, 7) is 0.00249. The fraction of sp³-hybridized carbons (Fsp3) is 0.125. The Bertz CT molecular complexity index is 735. The maximum Gasteiger partial charge on any atom is 0.337 e. The van der Waals surface area contributed by atoms with Crippen molar-refractivity contribution in [2.24, 2.45) is 0 Å². The van der Waals surface area contributed by atoms with Crippen LogP contribution in [0.25, 0.3) is 0 Å². The van der Waals surface area contributed by atoms with E-state index in [4.69, 9.17) is 23.2 Å². The number of hydrogen-bond donors (Lipinski definition) is 2. The first-order valence-corrected chi connectivity index (χ1v) is 7.43. The normalized spacial score (nSPS) is 10.0. The highest BCUT2D eigenvalue weighted by Crippen LogP contribution is 2.24. The summed E-state index contributed by atoms with van der Waals surface area (Å²) in [5, 5.41) is 6.40. The number of methoxy groups -OCH3 is 1. The number of carbonyl (C=O) groups excluding carboxylic acids is 2. The SMILES string of the molecule is COC(=O)c1ccc(Cl)c(NC(=O)CNc2ccccc2Cl)c1. The minimum absolute atomic E-state index is 0.00249. The van der Waals surface area contributed by atoms with Crippen molar-refractivity contribution in [3.05, 3.63) is 58.1 Å². The molecule has 0 aliphatic rings. The number of esters is 1. The van der Waals surface area contributed by atoms with Gasteiger partial charge in [-0.1, -0.05) is 35.3 Å². The molecule has 23 heavy (non-hydrogen) atoms. The van der Waals surface area contributed by atoms with Crippen molar-refractivity contribution in [3.63, 3.8) is 0 Å². The Labute approximate surface area is 143 Å². The van der Waals surface area contributed by atoms with Gasteiger partial charge < -0.3 is 15.4 Å². The summed E-state index contributed by atoms with van der Waals surface area (Å²) in [6.07, 6.45) is 0. The van der Waals surface area contributed by atoms with Crippen molar-refractivity contribution in [2.75, 3.05) is 24.3 Å². The fourth-order valence-corrected chi connectivity index (χ4v) is 2.21. The molecule has 7 heteroatoms. The quantitative estimate of drug-likeness (QED) is 0.802. The molecule has 0 atom stereocenters. The third-order valence-electron chi connectivity index (χ3n) is 2.97. The lowest BCUT2D eigenvalue weighted by atomic mass is 10.2. The summed E-state index contributed by atoms with van der Waals surface area (Å²) in [7, 11) is 1.28. The third kappa shape index (κ3) is 4.61. The van der Waals surface area contributed by atoms with Gasteiger partial charge in [-0.05, 0) is 30.3 Å². The van der Waals surface area contributed by atoms with Crippen molar-refractivity contribution >= 4 is 46.5 Å². The largest absolute Gasteiger partial charge is 0.465 e. The number of anilines is 2. The molecule has 2 N–H and O–H groups in total. The summed E-state index contributed by atoms with van der Waals surface area (Å²) in [5.41, 5.74) is 1.28. The highest BCUT2D eigenvalue weighted by atomic mass is 35.5. The number of benzene rings is 2. The van der Waals surface area contributed by atoms with E-state index < -0.39 is 5.97 Å². The van der Waals surface area contributed by atoms with Gasteiger partial charge >= 0.3 is 5.97 Å². The molecule has 0 unspecified atom stereocenters. The predicted octanol–water partition coefficient (Wildman–Crippen LogP) is 3.83. The molecule has 5 nitrogen and oxygen atoms in total. The molecule has 0 aliphatic carbocycles. The Kier molecular flexibility index (Phi) is 5.84. The van der Waals surface area contributed by atoms with Crippen LogP contribution in [-0.4, -0.2) is 25.5 Å². The van der Waals surface area contributed by atoms with Gasteiger partial charge in [0.25, 0.3) is 0 Å². The van der Waals surface area contributed by atoms with Crippen LogP contribution in [0.5, 0.6) is 0 Å². The summed E-state index contributed by atoms with van der Waals surface area (Å²) in [4.78, 5) is 23.5. The van der Waals surface area contributed by atoms with Gasteiger partial charge in [-0.3, -0.25) is 4.79 Å². The van der Waals surface area contributed by atoms with Crippen LogP contribution in [0, 0.1) is 0 Å². The van der Waals surface area contributed by atoms with Crippen LogP contribution < -0.4 is 10.6 Å². The molecule has 2 aromatic carbocycles. The highest BCUT2D eigenvalue weighted by Gasteiger charge is 2.11. The number of rotatable bonds is 5. The van der Waals surface area contributed by atoms with Crippen LogP contribution in [0.4, 0.5) is 11.4 Å². The van der Waals surface area contributed by atoms with E-state index in [1.165, 1.54) is 25.3 Å². The number of carbonyl (C=O) groups is 2. The monoisotopic (exact) mass is 352 g/mol. The van der Waals surface area contributed by atoms with Crippen LogP contribution in [0.15, 0.2) is 42.5 Å². The molecule has 0 bridgehead atoms. The molecule has 0 aliphatic heterocycles. The Hall–Kier alpha value is -2.24. The van der Waals surface area contributed by atoms with Gasteiger partial charge in [0.05, 0.1) is 40.6 Å². The van der Waals surface area contributed by atoms with Crippen LogP contribution >= 0.6 is 23.2 Å². The number of ether oxygens (including phenoxy) is 1. The second-order valence-corrected chi connectivity index (χ2v) is 5.38. The fourth-order valence-electron chi connectivity index (χ4n) is 1.84. The Morgan fingerprint density at radius 3 is 2.43 bits per heavy atom. The standard InChI is InChI=1S/C16H14Cl2N2O3/c1-23-16(22)10-6-7-12(18)14(8-10)20-15(21)9-19-13-5-3-2-4-11(13)17/h2-8,19H,9H2,1H3,(H,20,21). The van der Waals surface area contributed by atoms with E-state index >= 15 is 0 Å². The van der Waals surface area contributed by atoms with Crippen molar-refractivity contribution in [2.45, 2.75) is 0 Å². The molecule has 0 aromatic heterocycles. The first kappa shape index (κ1) is 17.1. The zero-order chi connectivity index (χ0) is 16.8. The van der Waals surface area contributed by atoms with E-state index in [0.29, 0.717) is 27.0 Å². The third-order valence-corrected chi connectivity index (χ3v) is 3.63. The molecule has 0 radical (unpaired) electrons. The maximum atomic E-state index is 12.0. The number of hydrogen-bond acceptors (Lipinski definition) is 4. The molecule has 0 saturated heterocycles. The minimum Gasteiger partial charge on any atom is -0.465 e. The Balaban J connectivity index is 2.02. The zero-order valence-corrected chi connectivity index (χ0v) is 13.7. The lowest BCUT2D eigenvalue weighted by Gasteiger charge is -2.11. The molecule has 120 valence electrons. The van der Waals surface area contributed by atoms with E-state index in [-0.39, 0.29) is 12.5 Å². The average Bonchev–Trinajstić information content (AvgIpc) is 2.55. The van der Waals surface area contributed by atoms with Gasteiger partial charge in [0.1, 0.15) is 0 Å². The number of halogens is 2. The molecule has 0 spiro atoms. The first-order chi connectivity index (χ1) is 11.0. The summed E-state index contributed by atoms with van der Waals surface area (Å²) in [6, 6.07) is 11.6. The highest BCUT2D eigenvalue weighted by molar-refractivity contribution is 6.34. The summed E-state index contributed by atoms with van der Waals surface area (Å²) >= 11 is 12.0. The molecular formula is C16H14Cl2N2O3. The second-order valence-electron chi connectivity index (χ2n) is 4.57. The average molecular weight is 353 g/mol. The Morgan fingerprint density at radius 1 is 1.04 bits per heavy atom. The van der Waals surface area contributed by atoms with Crippen molar-refractivity contribution in [1.29, 1.82) is 0 Å². The molecule has 1 amide bonds. The lowest BCUT2D eigenvalue weighted by Crippen LogP contribution is -2.22. The van der Waals surface area contributed by atoms with Crippen LogP contribution in [0.1, 0.15) is 10.4 Å².